The zero-order chi connectivity index (χ0) is 17.4. The van der Waals surface area contributed by atoms with Crippen molar-refractivity contribution in [2.24, 2.45) is 22.6 Å². The second-order valence-electron chi connectivity index (χ2n) is 7.54. The van der Waals surface area contributed by atoms with Gasteiger partial charge in [0.25, 0.3) is 0 Å². The predicted octanol–water partition coefficient (Wildman–Crippen LogP) is 3.99. The van der Waals surface area contributed by atoms with E-state index in [4.69, 9.17) is 5.73 Å². The third-order valence-electron chi connectivity index (χ3n) is 4.84. The van der Waals surface area contributed by atoms with Crippen molar-refractivity contribution in [3.8, 4) is 0 Å². The summed E-state index contributed by atoms with van der Waals surface area (Å²) in [5.41, 5.74) is 8.65. The van der Waals surface area contributed by atoms with E-state index in [0.717, 1.165) is 25.4 Å². The number of benzene rings is 1. The average molecular weight is 458 g/mol. The van der Waals surface area contributed by atoms with Gasteiger partial charge in [-0.1, -0.05) is 45.0 Å². The Kier molecular flexibility index (Phi) is 10.4. The summed E-state index contributed by atoms with van der Waals surface area (Å²) in [7, 11) is 0. The highest BCUT2D eigenvalue weighted by atomic mass is 127. The van der Waals surface area contributed by atoms with Crippen molar-refractivity contribution in [2.45, 2.75) is 53.1 Å². The third kappa shape index (κ3) is 8.40. The lowest BCUT2D eigenvalue weighted by molar-refractivity contribution is 0.185. The minimum absolute atomic E-state index is 0. The Labute approximate surface area is 170 Å². The van der Waals surface area contributed by atoms with Crippen LogP contribution < -0.4 is 11.1 Å². The van der Waals surface area contributed by atoms with Gasteiger partial charge in [0.1, 0.15) is 0 Å². The fourth-order valence-corrected chi connectivity index (χ4v) is 3.04. The van der Waals surface area contributed by atoms with Gasteiger partial charge >= 0.3 is 0 Å². The molecule has 1 heterocycles. The molecule has 1 aliphatic rings. The van der Waals surface area contributed by atoms with Crippen LogP contribution in [0.15, 0.2) is 29.3 Å². The van der Waals surface area contributed by atoms with Crippen LogP contribution in [0.5, 0.6) is 0 Å². The van der Waals surface area contributed by atoms with Crippen LogP contribution in [-0.4, -0.2) is 30.5 Å². The molecule has 25 heavy (non-hydrogen) atoms. The molecule has 3 N–H and O–H groups in total. The van der Waals surface area contributed by atoms with Crippen LogP contribution >= 0.6 is 24.0 Å². The molecule has 0 amide bonds. The Morgan fingerprint density at radius 1 is 1.24 bits per heavy atom. The van der Waals surface area contributed by atoms with Gasteiger partial charge in [0.2, 0.25) is 0 Å². The number of nitrogens with two attached hydrogens (primary N) is 1. The summed E-state index contributed by atoms with van der Waals surface area (Å²) in [5.74, 6) is 2.10. The SMILES string of the molecule is CC(C)CCNC(N)=NCc1ccccc1CN1CCC(C)CC1.I. The molecule has 0 spiro atoms. The molecule has 0 radical (unpaired) electrons. The number of halogens is 1. The molecule has 0 aliphatic carbocycles. The first-order valence-electron chi connectivity index (χ1n) is 9.37. The Bertz CT molecular complexity index is 522. The van der Waals surface area contributed by atoms with Crippen LogP contribution in [0.2, 0.25) is 0 Å². The molecule has 0 saturated carbocycles. The smallest absolute Gasteiger partial charge is 0.188 e. The van der Waals surface area contributed by atoms with Crippen LogP contribution in [0.4, 0.5) is 0 Å². The number of likely N-dealkylation sites (tertiary alicyclic amines) is 1. The molecule has 1 saturated heterocycles. The Morgan fingerprint density at radius 3 is 2.52 bits per heavy atom. The second-order valence-corrected chi connectivity index (χ2v) is 7.54. The van der Waals surface area contributed by atoms with Crippen molar-refractivity contribution in [2.75, 3.05) is 19.6 Å². The standard InChI is InChI=1S/C20H34N4.HI/c1-16(2)8-11-22-20(21)23-14-18-6-4-5-7-19(18)15-24-12-9-17(3)10-13-24;/h4-7,16-17H,8-15H2,1-3H3,(H3,21,22,23);1H. The number of aliphatic imine (C=N–C) groups is 1. The molecule has 2 rings (SSSR count). The van der Waals surface area contributed by atoms with Gasteiger partial charge in [-0.05, 0) is 55.3 Å². The van der Waals surface area contributed by atoms with Crippen molar-refractivity contribution in [3.05, 3.63) is 35.4 Å². The third-order valence-corrected chi connectivity index (χ3v) is 4.84. The van der Waals surface area contributed by atoms with E-state index in [1.54, 1.807) is 0 Å². The summed E-state index contributed by atoms with van der Waals surface area (Å²) in [6.45, 7) is 11.8. The molecule has 0 bridgehead atoms. The van der Waals surface area contributed by atoms with Gasteiger partial charge in [-0.2, -0.15) is 0 Å². The fraction of sp³-hybridized carbons (Fsp3) is 0.650. The highest BCUT2D eigenvalue weighted by Crippen LogP contribution is 2.20. The maximum absolute atomic E-state index is 5.99. The quantitative estimate of drug-likeness (QED) is 0.369. The minimum Gasteiger partial charge on any atom is -0.370 e. The Morgan fingerprint density at radius 2 is 1.88 bits per heavy atom. The number of piperidine rings is 1. The first kappa shape index (κ1) is 22.2. The van der Waals surface area contributed by atoms with Gasteiger partial charge in [0.15, 0.2) is 5.96 Å². The van der Waals surface area contributed by atoms with Crippen molar-refractivity contribution >= 4 is 29.9 Å². The number of hydrogen-bond donors (Lipinski definition) is 2. The van der Waals surface area contributed by atoms with Gasteiger partial charge in [0.05, 0.1) is 6.54 Å². The van der Waals surface area contributed by atoms with Gasteiger partial charge in [-0.25, -0.2) is 4.99 Å². The van der Waals surface area contributed by atoms with Crippen molar-refractivity contribution in [1.29, 1.82) is 0 Å². The molecule has 0 aromatic heterocycles. The molecule has 0 unspecified atom stereocenters. The normalized spacial score (nSPS) is 16.7. The first-order chi connectivity index (χ1) is 11.5. The molecule has 0 atom stereocenters. The number of nitrogens with one attached hydrogen (secondary N) is 1. The summed E-state index contributed by atoms with van der Waals surface area (Å²) in [6.07, 6.45) is 3.74. The monoisotopic (exact) mass is 458 g/mol. The number of rotatable bonds is 7. The highest BCUT2D eigenvalue weighted by Gasteiger charge is 2.16. The molecular weight excluding hydrogens is 423 g/mol. The lowest BCUT2D eigenvalue weighted by atomic mass is 9.98. The molecule has 142 valence electrons. The number of hydrogen-bond acceptors (Lipinski definition) is 2. The van der Waals surface area contributed by atoms with Crippen LogP contribution in [0.3, 0.4) is 0 Å². The Balaban J connectivity index is 0.00000312. The molecule has 5 heteroatoms. The maximum Gasteiger partial charge on any atom is 0.188 e. The van der Waals surface area contributed by atoms with Crippen LogP contribution in [-0.2, 0) is 13.1 Å². The highest BCUT2D eigenvalue weighted by molar-refractivity contribution is 14.0. The lowest BCUT2D eigenvalue weighted by Gasteiger charge is -2.30. The van der Waals surface area contributed by atoms with E-state index in [1.807, 2.05) is 0 Å². The van der Waals surface area contributed by atoms with Crippen LogP contribution in [0.25, 0.3) is 0 Å². The summed E-state index contributed by atoms with van der Waals surface area (Å²) in [6, 6.07) is 8.62. The molecule has 1 fully saturated rings. The maximum atomic E-state index is 5.99. The van der Waals surface area contributed by atoms with Gasteiger partial charge in [-0.15, -0.1) is 24.0 Å². The van der Waals surface area contributed by atoms with E-state index in [9.17, 15) is 0 Å². The van der Waals surface area contributed by atoms with E-state index in [-0.39, 0.29) is 24.0 Å². The van der Waals surface area contributed by atoms with Crippen molar-refractivity contribution in [1.82, 2.24) is 10.2 Å². The van der Waals surface area contributed by atoms with E-state index in [2.05, 4.69) is 60.2 Å². The van der Waals surface area contributed by atoms with E-state index in [1.165, 1.54) is 37.1 Å². The molecule has 1 aromatic rings. The fourth-order valence-electron chi connectivity index (χ4n) is 3.04. The average Bonchev–Trinajstić information content (AvgIpc) is 2.56. The zero-order valence-electron chi connectivity index (χ0n) is 16.0. The molecule has 1 aliphatic heterocycles. The minimum atomic E-state index is 0. The van der Waals surface area contributed by atoms with E-state index >= 15 is 0 Å². The van der Waals surface area contributed by atoms with E-state index in [0.29, 0.717) is 18.4 Å². The van der Waals surface area contributed by atoms with Crippen LogP contribution in [0, 0.1) is 11.8 Å². The lowest BCUT2D eigenvalue weighted by Crippen LogP contribution is -2.33. The zero-order valence-corrected chi connectivity index (χ0v) is 18.3. The van der Waals surface area contributed by atoms with Gasteiger partial charge in [0, 0.05) is 13.1 Å². The molecule has 4 nitrogen and oxygen atoms in total. The molecule has 1 aromatic carbocycles. The summed E-state index contributed by atoms with van der Waals surface area (Å²) < 4.78 is 0. The summed E-state index contributed by atoms with van der Waals surface area (Å²) in [4.78, 5) is 7.08. The van der Waals surface area contributed by atoms with Gasteiger partial charge in [-0.3, -0.25) is 4.90 Å². The van der Waals surface area contributed by atoms with E-state index < -0.39 is 0 Å². The topological polar surface area (TPSA) is 53.6 Å². The van der Waals surface area contributed by atoms with Crippen LogP contribution in [0.1, 0.15) is 51.2 Å². The number of guanidine groups is 1. The summed E-state index contributed by atoms with van der Waals surface area (Å²) in [5, 5.41) is 3.21. The van der Waals surface area contributed by atoms with Crippen molar-refractivity contribution in [3.63, 3.8) is 0 Å². The second kappa shape index (κ2) is 11.7. The number of nitrogens with zero attached hydrogens (tertiary/aromatic N) is 2. The van der Waals surface area contributed by atoms with Gasteiger partial charge < -0.3 is 11.1 Å². The summed E-state index contributed by atoms with van der Waals surface area (Å²) >= 11 is 0. The first-order valence-corrected chi connectivity index (χ1v) is 9.37. The predicted molar refractivity (Wildman–Crippen MR) is 118 cm³/mol. The van der Waals surface area contributed by atoms with Crippen molar-refractivity contribution < 1.29 is 0 Å². The molecular formula is C20H35IN4. The Hall–Kier alpha value is -0.820. The largest absolute Gasteiger partial charge is 0.370 e.